The number of carbonyl (C=O) groups excluding carboxylic acids is 1. The molecule has 98 valence electrons. The Morgan fingerprint density at radius 1 is 1.32 bits per heavy atom. The molecule has 0 bridgehead atoms. The van der Waals surface area contributed by atoms with Gasteiger partial charge in [0.25, 0.3) is 0 Å². The van der Waals surface area contributed by atoms with Gasteiger partial charge in [-0.1, -0.05) is 11.6 Å². The van der Waals surface area contributed by atoms with Gasteiger partial charge in [0, 0.05) is 37.1 Å². The third-order valence-corrected chi connectivity index (χ3v) is 2.70. The Morgan fingerprint density at radius 2 is 2.05 bits per heavy atom. The van der Waals surface area contributed by atoms with E-state index >= 15 is 0 Å². The molecule has 0 saturated heterocycles. The van der Waals surface area contributed by atoms with Crippen molar-refractivity contribution in [3.8, 4) is 0 Å². The number of halogens is 1. The normalized spacial score (nSPS) is 10.0. The number of hydrogen-bond donors (Lipinski definition) is 2. The summed E-state index contributed by atoms with van der Waals surface area (Å²) in [6, 6.07) is 5.37. The van der Waals surface area contributed by atoms with E-state index < -0.39 is 0 Å². The van der Waals surface area contributed by atoms with Crippen molar-refractivity contribution in [1.29, 1.82) is 0 Å². The first-order valence-electron chi connectivity index (χ1n) is 5.70. The molecule has 0 saturated carbocycles. The van der Waals surface area contributed by atoms with Crippen LogP contribution in [0.4, 0.5) is 11.4 Å². The van der Waals surface area contributed by atoms with Crippen molar-refractivity contribution in [2.24, 2.45) is 0 Å². The van der Waals surface area contributed by atoms with E-state index in [2.05, 4.69) is 20.6 Å². The highest BCUT2D eigenvalue weighted by molar-refractivity contribution is 6.34. The van der Waals surface area contributed by atoms with Crippen LogP contribution in [0.15, 0.2) is 36.9 Å². The minimum absolute atomic E-state index is 0.149. The number of rotatable bonds is 4. The number of benzene rings is 1. The Morgan fingerprint density at radius 3 is 2.68 bits per heavy atom. The molecule has 1 heterocycles. The summed E-state index contributed by atoms with van der Waals surface area (Å²) in [7, 11) is 0. The maximum atomic E-state index is 11.0. The van der Waals surface area contributed by atoms with E-state index in [-0.39, 0.29) is 5.91 Å². The molecule has 5 nitrogen and oxygen atoms in total. The summed E-state index contributed by atoms with van der Waals surface area (Å²) in [6.45, 7) is 2.05. The van der Waals surface area contributed by atoms with Crippen molar-refractivity contribution in [2.75, 3.05) is 10.6 Å². The smallest absolute Gasteiger partial charge is 0.221 e. The molecule has 0 radical (unpaired) electrons. The summed E-state index contributed by atoms with van der Waals surface area (Å²) in [5.41, 5.74) is 2.44. The molecule has 0 aliphatic rings. The lowest BCUT2D eigenvalue weighted by molar-refractivity contribution is -0.114. The van der Waals surface area contributed by atoms with Gasteiger partial charge in [0.2, 0.25) is 5.91 Å². The third kappa shape index (κ3) is 3.93. The van der Waals surface area contributed by atoms with Crippen molar-refractivity contribution < 1.29 is 4.79 Å². The molecule has 0 atom stereocenters. The number of hydrogen-bond acceptors (Lipinski definition) is 4. The Bertz CT molecular complexity index is 574. The molecule has 0 aliphatic heterocycles. The second-order valence-electron chi connectivity index (χ2n) is 3.98. The maximum absolute atomic E-state index is 11.0. The number of anilines is 2. The van der Waals surface area contributed by atoms with Crippen LogP contribution in [0.2, 0.25) is 5.02 Å². The average molecular weight is 277 g/mol. The standard InChI is InChI=1S/C13H13ClN4O/c1-9(19)18-13-3-2-11(4-12(13)14)17-7-10-5-15-8-16-6-10/h2-6,8,17H,7H2,1H3,(H,18,19). The van der Waals surface area contributed by atoms with Gasteiger partial charge in [-0.25, -0.2) is 9.97 Å². The van der Waals surface area contributed by atoms with Crippen molar-refractivity contribution in [3.05, 3.63) is 47.5 Å². The summed E-state index contributed by atoms with van der Waals surface area (Å²) in [5.74, 6) is -0.149. The minimum atomic E-state index is -0.149. The first-order valence-corrected chi connectivity index (χ1v) is 6.08. The molecule has 0 unspecified atom stereocenters. The summed E-state index contributed by atoms with van der Waals surface area (Å²) in [4.78, 5) is 18.8. The molecule has 2 rings (SSSR count). The highest BCUT2D eigenvalue weighted by atomic mass is 35.5. The zero-order valence-electron chi connectivity index (χ0n) is 10.4. The van der Waals surface area contributed by atoms with Crippen molar-refractivity contribution in [3.63, 3.8) is 0 Å². The molecule has 6 heteroatoms. The molecule has 0 aliphatic carbocycles. The van der Waals surface area contributed by atoms with E-state index in [1.807, 2.05) is 6.07 Å². The highest BCUT2D eigenvalue weighted by Gasteiger charge is 2.03. The molecular formula is C13H13ClN4O. The lowest BCUT2D eigenvalue weighted by Gasteiger charge is -2.09. The number of nitrogens with zero attached hydrogens (tertiary/aromatic N) is 2. The fraction of sp³-hybridized carbons (Fsp3) is 0.154. The lowest BCUT2D eigenvalue weighted by atomic mass is 10.2. The molecule has 0 fully saturated rings. The van der Waals surface area contributed by atoms with Crippen LogP contribution in [0, 0.1) is 0 Å². The summed E-state index contributed by atoms with van der Waals surface area (Å²) < 4.78 is 0. The highest BCUT2D eigenvalue weighted by Crippen LogP contribution is 2.25. The fourth-order valence-electron chi connectivity index (χ4n) is 1.54. The van der Waals surface area contributed by atoms with E-state index in [0.717, 1.165) is 11.3 Å². The molecule has 1 aromatic heterocycles. The van der Waals surface area contributed by atoms with Crippen LogP contribution in [-0.4, -0.2) is 15.9 Å². The predicted molar refractivity (Wildman–Crippen MR) is 75.1 cm³/mol. The van der Waals surface area contributed by atoms with Crippen LogP contribution < -0.4 is 10.6 Å². The van der Waals surface area contributed by atoms with E-state index in [0.29, 0.717) is 17.3 Å². The van der Waals surface area contributed by atoms with Crippen LogP contribution in [0.1, 0.15) is 12.5 Å². The van der Waals surface area contributed by atoms with Gasteiger partial charge in [0.15, 0.2) is 0 Å². The van der Waals surface area contributed by atoms with E-state index in [4.69, 9.17) is 11.6 Å². The molecule has 1 aromatic carbocycles. The Balaban J connectivity index is 2.02. The SMILES string of the molecule is CC(=O)Nc1ccc(NCc2cncnc2)cc1Cl. The third-order valence-electron chi connectivity index (χ3n) is 2.39. The maximum Gasteiger partial charge on any atom is 0.221 e. The topological polar surface area (TPSA) is 66.9 Å². The van der Waals surface area contributed by atoms with Crippen LogP contribution in [0.5, 0.6) is 0 Å². The summed E-state index contributed by atoms with van der Waals surface area (Å²) in [6.07, 6.45) is 4.98. The summed E-state index contributed by atoms with van der Waals surface area (Å²) in [5, 5.41) is 6.35. The zero-order valence-corrected chi connectivity index (χ0v) is 11.1. The van der Waals surface area contributed by atoms with Gasteiger partial charge in [0.05, 0.1) is 10.7 Å². The van der Waals surface area contributed by atoms with Gasteiger partial charge < -0.3 is 10.6 Å². The van der Waals surface area contributed by atoms with Crippen LogP contribution in [0.3, 0.4) is 0 Å². The predicted octanol–water partition coefficient (Wildman–Crippen LogP) is 2.70. The average Bonchev–Trinajstić information content (AvgIpc) is 2.40. The van der Waals surface area contributed by atoms with Gasteiger partial charge in [-0.3, -0.25) is 4.79 Å². The van der Waals surface area contributed by atoms with Gasteiger partial charge in [-0.2, -0.15) is 0 Å². The van der Waals surface area contributed by atoms with E-state index in [1.165, 1.54) is 13.3 Å². The van der Waals surface area contributed by atoms with Gasteiger partial charge >= 0.3 is 0 Å². The van der Waals surface area contributed by atoms with Gasteiger partial charge in [0.1, 0.15) is 6.33 Å². The van der Waals surface area contributed by atoms with Crippen molar-refractivity contribution in [2.45, 2.75) is 13.5 Å². The largest absolute Gasteiger partial charge is 0.381 e. The monoisotopic (exact) mass is 276 g/mol. The minimum Gasteiger partial charge on any atom is -0.381 e. The number of amides is 1. The number of aromatic nitrogens is 2. The molecule has 1 amide bonds. The second-order valence-corrected chi connectivity index (χ2v) is 4.38. The van der Waals surface area contributed by atoms with Gasteiger partial charge in [-0.05, 0) is 18.2 Å². The number of carbonyl (C=O) groups is 1. The summed E-state index contributed by atoms with van der Waals surface area (Å²) >= 11 is 6.08. The molecule has 2 aromatic rings. The Labute approximate surface area is 116 Å². The quantitative estimate of drug-likeness (QED) is 0.901. The first kappa shape index (κ1) is 13.3. The molecular weight excluding hydrogens is 264 g/mol. The zero-order chi connectivity index (χ0) is 13.7. The molecule has 19 heavy (non-hydrogen) atoms. The number of nitrogens with one attached hydrogen (secondary N) is 2. The Hall–Kier alpha value is -2.14. The fourth-order valence-corrected chi connectivity index (χ4v) is 1.77. The van der Waals surface area contributed by atoms with E-state index in [1.54, 1.807) is 24.5 Å². The lowest BCUT2D eigenvalue weighted by Crippen LogP contribution is -2.06. The van der Waals surface area contributed by atoms with Crippen LogP contribution >= 0.6 is 11.6 Å². The van der Waals surface area contributed by atoms with Gasteiger partial charge in [-0.15, -0.1) is 0 Å². The van der Waals surface area contributed by atoms with Crippen molar-refractivity contribution in [1.82, 2.24) is 9.97 Å². The molecule has 0 spiro atoms. The van der Waals surface area contributed by atoms with E-state index in [9.17, 15) is 4.79 Å². The first-order chi connectivity index (χ1) is 9.15. The van der Waals surface area contributed by atoms with Crippen LogP contribution in [0.25, 0.3) is 0 Å². The van der Waals surface area contributed by atoms with Crippen molar-refractivity contribution >= 4 is 28.9 Å². The second kappa shape index (κ2) is 6.15. The van der Waals surface area contributed by atoms with Crippen LogP contribution in [-0.2, 0) is 11.3 Å². The Kier molecular flexibility index (Phi) is 4.30. The molecule has 2 N–H and O–H groups in total.